The fourth-order valence-corrected chi connectivity index (χ4v) is 6.90. The van der Waals surface area contributed by atoms with Gasteiger partial charge in [-0.15, -0.1) is 0 Å². The third-order valence-corrected chi connectivity index (χ3v) is 9.48. The van der Waals surface area contributed by atoms with E-state index in [0.29, 0.717) is 11.1 Å². The number of hydrazone groups is 2. The molecule has 0 bridgehead atoms. The van der Waals surface area contributed by atoms with Crippen LogP contribution in [-0.4, -0.2) is 48.9 Å². The van der Waals surface area contributed by atoms with Crippen LogP contribution in [0.1, 0.15) is 33.4 Å². The lowest BCUT2D eigenvalue weighted by molar-refractivity contribution is -0.109. The zero-order valence-corrected chi connectivity index (χ0v) is 26.8. The van der Waals surface area contributed by atoms with Crippen molar-refractivity contribution in [1.29, 1.82) is 0 Å². The first kappa shape index (κ1) is 32.4. The van der Waals surface area contributed by atoms with E-state index in [0.717, 1.165) is 23.3 Å². The van der Waals surface area contributed by atoms with Crippen LogP contribution in [0.15, 0.2) is 105 Å². The number of nitrogens with zero attached hydrogens (tertiary/aromatic N) is 2. The fraction of sp³-hybridized carbons (Fsp3) is 0.0588. The molecule has 0 spiro atoms. The summed E-state index contributed by atoms with van der Waals surface area (Å²) >= 11 is 0. The Bertz CT molecular complexity index is 2240. The summed E-state index contributed by atoms with van der Waals surface area (Å²) in [6.07, 6.45) is 5.90. The zero-order chi connectivity index (χ0) is 34.4. The number of allylic oxidation sites excluding steroid dienone is 2. The molecule has 0 heterocycles. The number of hydrogen-bond acceptors (Lipinski definition) is 12. The number of aryl methyl sites for hydroxylation is 2. The topological polar surface area (TPSA) is 197 Å². The molecule has 12 nitrogen and oxygen atoms in total. The first-order valence-electron chi connectivity index (χ1n) is 14.2. The Labute approximate surface area is 275 Å². The third-order valence-electron chi connectivity index (χ3n) is 7.76. The van der Waals surface area contributed by atoms with Crippen molar-refractivity contribution in [3.8, 4) is 11.1 Å². The van der Waals surface area contributed by atoms with Crippen molar-refractivity contribution < 1.29 is 35.5 Å². The number of carbonyl (C=O) groups is 2. The lowest BCUT2D eigenvalue weighted by atomic mass is 9.95. The van der Waals surface area contributed by atoms with E-state index >= 15 is 0 Å². The largest absolute Gasteiger partial charge is 0.744 e. The lowest BCUT2D eigenvalue weighted by Gasteiger charge is -2.20. The monoisotopic (exact) mass is 680 g/mol. The Morgan fingerprint density at radius 2 is 0.938 bits per heavy atom. The van der Waals surface area contributed by atoms with Crippen LogP contribution in [0, 0.1) is 13.8 Å². The number of anilines is 2. The number of rotatable bonds is 7. The predicted molar refractivity (Wildman–Crippen MR) is 179 cm³/mol. The number of ketones is 2. The fourth-order valence-electron chi connectivity index (χ4n) is 5.45. The van der Waals surface area contributed by atoms with Gasteiger partial charge in [-0.05, 0) is 83.6 Å². The van der Waals surface area contributed by atoms with Gasteiger partial charge in [0.05, 0.1) is 21.2 Å². The van der Waals surface area contributed by atoms with E-state index in [1.807, 2.05) is 0 Å². The molecule has 0 radical (unpaired) electrons. The molecule has 14 heteroatoms. The molecule has 0 aliphatic heterocycles. The molecule has 0 fully saturated rings. The van der Waals surface area contributed by atoms with Gasteiger partial charge in [0.1, 0.15) is 31.7 Å². The maximum Gasteiger partial charge on any atom is 0.206 e. The Morgan fingerprint density at radius 3 is 1.31 bits per heavy atom. The average molecular weight is 681 g/mol. The molecule has 0 aromatic heterocycles. The standard InChI is InChI=1S/C34H26N4O8S2/c1-19-15-23(17-29(47(41,42)43)31(19)35-37-33-25-9-5-3-7-21(25)11-13-27(33)39)24-16-20(2)32(30(18-24)48(44,45)46)36-38-34-26-10-6-4-8-22(26)12-14-28(34)40/h3-18,35-36H,1-2H3,(H,41,42,43)(H,44,45,46)/p-2. The molecule has 242 valence electrons. The molecular weight excluding hydrogens is 657 g/mol. The van der Waals surface area contributed by atoms with Gasteiger partial charge in [0, 0.05) is 11.1 Å². The molecule has 0 atom stereocenters. The van der Waals surface area contributed by atoms with E-state index in [2.05, 4.69) is 21.1 Å². The SMILES string of the molecule is Cc1cc(-c2cc(C)c(NN=C3C(=O)C=Cc4ccccc43)c(S(=O)(=O)[O-])c2)cc(S(=O)(=O)[O-])c1NN=C1C(=O)C=Cc2ccccc21. The highest BCUT2D eigenvalue weighted by Crippen LogP contribution is 2.36. The van der Waals surface area contributed by atoms with E-state index in [1.54, 1.807) is 60.7 Å². The van der Waals surface area contributed by atoms with E-state index < -0.39 is 41.6 Å². The van der Waals surface area contributed by atoms with E-state index in [9.17, 15) is 35.5 Å². The van der Waals surface area contributed by atoms with Crippen molar-refractivity contribution in [3.63, 3.8) is 0 Å². The molecule has 0 amide bonds. The van der Waals surface area contributed by atoms with Crippen molar-refractivity contribution in [1.82, 2.24) is 0 Å². The van der Waals surface area contributed by atoms with E-state index in [4.69, 9.17) is 0 Å². The molecular formula is C34H24N4O8S2-2. The molecule has 4 aromatic carbocycles. The maximum atomic E-state index is 12.6. The summed E-state index contributed by atoms with van der Waals surface area (Å²) < 4.78 is 74.9. The van der Waals surface area contributed by atoms with E-state index in [1.165, 1.54) is 38.1 Å². The van der Waals surface area contributed by atoms with Crippen LogP contribution in [0.4, 0.5) is 11.4 Å². The molecule has 4 aromatic rings. The van der Waals surface area contributed by atoms with Crippen molar-refractivity contribution in [2.45, 2.75) is 23.6 Å². The van der Waals surface area contributed by atoms with Gasteiger partial charge in [-0.3, -0.25) is 20.4 Å². The second-order valence-electron chi connectivity index (χ2n) is 11.0. The number of nitrogens with one attached hydrogen (secondary N) is 2. The number of hydrogen-bond donors (Lipinski definition) is 2. The quantitative estimate of drug-likeness (QED) is 0.205. The zero-order valence-electron chi connectivity index (χ0n) is 25.2. The number of benzene rings is 4. The van der Waals surface area contributed by atoms with Gasteiger partial charge in [-0.25, -0.2) is 16.8 Å². The summed E-state index contributed by atoms with van der Waals surface area (Å²) in [7, 11) is -10.3. The van der Waals surface area contributed by atoms with Crippen LogP contribution >= 0.6 is 0 Å². The van der Waals surface area contributed by atoms with Gasteiger partial charge in [0.15, 0.2) is 0 Å². The highest BCUT2D eigenvalue weighted by molar-refractivity contribution is 7.86. The van der Waals surface area contributed by atoms with Crippen LogP contribution in [0.2, 0.25) is 0 Å². The normalized spacial score (nSPS) is 15.8. The minimum atomic E-state index is -5.15. The second kappa shape index (κ2) is 12.2. The highest BCUT2D eigenvalue weighted by Gasteiger charge is 2.23. The van der Waals surface area contributed by atoms with Crippen molar-refractivity contribution in [2.24, 2.45) is 10.2 Å². The molecule has 0 saturated heterocycles. The van der Waals surface area contributed by atoms with Crippen LogP contribution in [0.25, 0.3) is 23.3 Å². The van der Waals surface area contributed by atoms with Gasteiger partial charge in [-0.2, -0.15) is 10.2 Å². The molecule has 2 aliphatic carbocycles. The molecule has 2 aliphatic rings. The summed E-state index contributed by atoms with van der Waals surface area (Å²) in [6.45, 7) is 2.99. The minimum Gasteiger partial charge on any atom is -0.744 e. The summed E-state index contributed by atoms with van der Waals surface area (Å²) in [5.74, 6) is -0.868. The second-order valence-corrected chi connectivity index (χ2v) is 13.7. The van der Waals surface area contributed by atoms with E-state index in [-0.39, 0.29) is 45.1 Å². The molecule has 48 heavy (non-hydrogen) atoms. The van der Waals surface area contributed by atoms with Gasteiger partial charge in [0.25, 0.3) is 0 Å². The Hall–Kier alpha value is -5.54. The summed E-state index contributed by atoms with van der Waals surface area (Å²) in [6, 6.07) is 18.9. The predicted octanol–water partition coefficient (Wildman–Crippen LogP) is 4.60. The van der Waals surface area contributed by atoms with Crippen molar-refractivity contribution in [3.05, 3.63) is 118 Å². The summed E-state index contributed by atoms with van der Waals surface area (Å²) in [4.78, 5) is 23.8. The third kappa shape index (κ3) is 6.24. The number of fused-ring (bicyclic) bond motifs is 2. The lowest BCUT2D eigenvalue weighted by Crippen LogP contribution is -2.19. The smallest absolute Gasteiger partial charge is 0.206 e. The van der Waals surface area contributed by atoms with Crippen molar-refractivity contribution in [2.75, 3.05) is 10.9 Å². The Morgan fingerprint density at radius 1 is 0.562 bits per heavy atom. The van der Waals surface area contributed by atoms with Gasteiger partial charge in [-0.1, -0.05) is 60.7 Å². The highest BCUT2D eigenvalue weighted by atomic mass is 32.2. The number of carbonyl (C=O) groups excluding carboxylic acids is 2. The molecule has 0 saturated carbocycles. The van der Waals surface area contributed by atoms with Gasteiger partial charge in [0.2, 0.25) is 11.6 Å². The summed E-state index contributed by atoms with van der Waals surface area (Å²) in [5.41, 5.74) is 7.90. The first-order chi connectivity index (χ1) is 22.7. The Kier molecular flexibility index (Phi) is 8.26. The van der Waals surface area contributed by atoms with Crippen molar-refractivity contribution >= 4 is 66.8 Å². The average Bonchev–Trinajstić information content (AvgIpc) is 3.03. The minimum absolute atomic E-state index is 0.00726. The first-order valence-corrected chi connectivity index (χ1v) is 17.1. The Balaban J connectivity index is 1.42. The summed E-state index contributed by atoms with van der Waals surface area (Å²) in [5, 5.41) is 8.31. The molecule has 6 rings (SSSR count). The maximum absolute atomic E-state index is 12.6. The van der Waals surface area contributed by atoms with Crippen LogP contribution in [0.3, 0.4) is 0 Å². The van der Waals surface area contributed by atoms with Gasteiger partial charge < -0.3 is 9.11 Å². The van der Waals surface area contributed by atoms with Gasteiger partial charge >= 0.3 is 0 Å². The molecule has 0 unspecified atom stereocenters. The molecule has 2 N–H and O–H groups in total. The van der Waals surface area contributed by atoms with Crippen LogP contribution < -0.4 is 10.9 Å². The van der Waals surface area contributed by atoms with Crippen LogP contribution in [-0.2, 0) is 29.8 Å². The van der Waals surface area contributed by atoms with Crippen LogP contribution in [0.5, 0.6) is 0 Å².